The molecular weight excluding hydrogens is 304 g/mol. The van der Waals surface area contributed by atoms with Crippen LogP contribution in [-0.2, 0) is 9.47 Å². The van der Waals surface area contributed by atoms with Crippen LogP contribution in [0.1, 0.15) is 38.8 Å². The van der Waals surface area contributed by atoms with Crippen molar-refractivity contribution in [3.05, 3.63) is 28.8 Å². The number of carbonyl (C=O) groups excluding carboxylic acids is 1. The van der Waals surface area contributed by atoms with Gasteiger partial charge in [0.15, 0.2) is 0 Å². The number of nitrogens with zero attached hydrogens (tertiary/aromatic N) is 1. The molecule has 0 aliphatic carbocycles. The fourth-order valence-corrected chi connectivity index (χ4v) is 2.64. The molecule has 0 bridgehead atoms. The van der Waals surface area contributed by atoms with Gasteiger partial charge in [-0.15, -0.1) is 0 Å². The molecule has 0 radical (unpaired) electrons. The Morgan fingerprint density at radius 1 is 1.45 bits per heavy atom. The molecule has 1 atom stereocenters. The number of anilines is 1. The third kappa shape index (κ3) is 4.27. The van der Waals surface area contributed by atoms with Gasteiger partial charge in [0.1, 0.15) is 5.60 Å². The molecule has 22 heavy (non-hydrogen) atoms. The maximum atomic E-state index is 12.5. The van der Waals surface area contributed by atoms with Gasteiger partial charge in [0.2, 0.25) is 0 Å². The first-order valence-corrected chi connectivity index (χ1v) is 7.78. The summed E-state index contributed by atoms with van der Waals surface area (Å²) in [7, 11) is 0. The van der Waals surface area contributed by atoms with Gasteiger partial charge in [0.05, 0.1) is 12.6 Å². The van der Waals surface area contributed by atoms with Crippen molar-refractivity contribution >= 4 is 23.4 Å². The van der Waals surface area contributed by atoms with E-state index in [1.54, 1.807) is 23.1 Å². The number of ether oxygens (including phenoxy) is 2. The first-order valence-electron chi connectivity index (χ1n) is 7.40. The van der Waals surface area contributed by atoms with Crippen LogP contribution in [0.5, 0.6) is 0 Å². The van der Waals surface area contributed by atoms with E-state index < -0.39 is 5.60 Å². The number of nitrogen functional groups attached to an aromatic ring is 1. The summed E-state index contributed by atoms with van der Waals surface area (Å²) in [5, 5.41) is 0.568. The highest BCUT2D eigenvalue weighted by molar-refractivity contribution is 6.31. The predicted octanol–water partition coefficient (Wildman–Crippen LogP) is 3.62. The van der Waals surface area contributed by atoms with Crippen LogP contribution in [0.2, 0.25) is 5.02 Å². The van der Waals surface area contributed by atoms with E-state index >= 15 is 0 Å². The van der Waals surface area contributed by atoms with Crippen molar-refractivity contribution in [3.63, 3.8) is 0 Å². The normalized spacial score (nSPS) is 19.6. The zero-order valence-electron chi connectivity index (χ0n) is 13.3. The number of rotatable bonds is 1. The standard InChI is InChI=1S/C16H23ClN2O3/c1-16(2,3)22-15(20)19-7-4-8-21-10-14(19)12-9-11(18)5-6-13(12)17/h5-6,9,14H,4,7-8,10,18H2,1-3H3. The third-order valence-electron chi connectivity index (χ3n) is 3.35. The van der Waals surface area contributed by atoms with Crippen LogP contribution in [0.3, 0.4) is 0 Å². The molecule has 1 aromatic rings. The lowest BCUT2D eigenvalue weighted by Gasteiger charge is -2.32. The van der Waals surface area contributed by atoms with Gasteiger partial charge in [-0.1, -0.05) is 11.6 Å². The van der Waals surface area contributed by atoms with Gasteiger partial charge >= 0.3 is 6.09 Å². The van der Waals surface area contributed by atoms with Crippen LogP contribution < -0.4 is 5.73 Å². The molecule has 1 unspecified atom stereocenters. The maximum absolute atomic E-state index is 12.5. The number of hydrogen-bond acceptors (Lipinski definition) is 4. The fraction of sp³-hybridized carbons (Fsp3) is 0.562. The highest BCUT2D eigenvalue weighted by atomic mass is 35.5. The lowest BCUT2D eigenvalue weighted by molar-refractivity contribution is 0.0119. The van der Waals surface area contributed by atoms with E-state index in [4.69, 9.17) is 26.8 Å². The second kappa shape index (κ2) is 6.75. The number of hydrogen-bond donors (Lipinski definition) is 1. The van der Waals surface area contributed by atoms with E-state index in [0.717, 1.165) is 12.0 Å². The van der Waals surface area contributed by atoms with Gasteiger partial charge < -0.3 is 15.2 Å². The van der Waals surface area contributed by atoms with Crippen molar-refractivity contribution < 1.29 is 14.3 Å². The van der Waals surface area contributed by atoms with Crippen LogP contribution in [0, 0.1) is 0 Å². The van der Waals surface area contributed by atoms with E-state index in [-0.39, 0.29) is 12.1 Å². The van der Waals surface area contributed by atoms with Gasteiger partial charge in [-0.05, 0) is 51.0 Å². The molecule has 1 aromatic carbocycles. The molecule has 5 nitrogen and oxygen atoms in total. The Balaban J connectivity index is 2.31. The molecule has 2 N–H and O–H groups in total. The van der Waals surface area contributed by atoms with E-state index in [2.05, 4.69) is 0 Å². The SMILES string of the molecule is CC(C)(C)OC(=O)N1CCCOCC1c1cc(N)ccc1Cl. The maximum Gasteiger partial charge on any atom is 0.410 e. The lowest BCUT2D eigenvalue weighted by atomic mass is 10.1. The summed E-state index contributed by atoms with van der Waals surface area (Å²) in [6.07, 6.45) is 0.400. The molecule has 2 rings (SSSR count). The Morgan fingerprint density at radius 2 is 2.18 bits per heavy atom. The number of halogens is 1. The molecule has 1 heterocycles. The summed E-state index contributed by atoms with van der Waals surface area (Å²) in [5.74, 6) is 0. The Kier molecular flexibility index (Phi) is 5.19. The zero-order chi connectivity index (χ0) is 16.3. The predicted molar refractivity (Wildman–Crippen MR) is 87.0 cm³/mol. The second-order valence-electron chi connectivity index (χ2n) is 6.40. The van der Waals surface area contributed by atoms with Gasteiger partial charge in [-0.2, -0.15) is 0 Å². The van der Waals surface area contributed by atoms with Crippen molar-refractivity contribution in [1.82, 2.24) is 4.90 Å². The lowest BCUT2D eigenvalue weighted by Crippen LogP contribution is -2.40. The summed E-state index contributed by atoms with van der Waals surface area (Å²) in [4.78, 5) is 14.2. The minimum atomic E-state index is -0.547. The van der Waals surface area contributed by atoms with Crippen LogP contribution in [0.15, 0.2) is 18.2 Å². The van der Waals surface area contributed by atoms with Gasteiger partial charge in [0.25, 0.3) is 0 Å². The van der Waals surface area contributed by atoms with Crippen molar-refractivity contribution in [3.8, 4) is 0 Å². The number of carbonyl (C=O) groups is 1. The molecular formula is C16H23ClN2O3. The van der Waals surface area contributed by atoms with E-state index in [1.807, 2.05) is 20.8 Å². The zero-order valence-corrected chi connectivity index (χ0v) is 14.0. The first kappa shape index (κ1) is 16.9. The summed E-state index contributed by atoms with van der Waals surface area (Å²) in [6.45, 7) is 7.09. The highest BCUT2D eigenvalue weighted by Crippen LogP contribution is 2.32. The fourth-order valence-electron chi connectivity index (χ4n) is 2.39. The molecule has 0 spiro atoms. The van der Waals surface area contributed by atoms with Crippen LogP contribution in [-0.4, -0.2) is 36.4 Å². The molecule has 1 aliphatic heterocycles. The van der Waals surface area contributed by atoms with Crippen LogP contribution in [0.4, 0.5) is 10.5 Å². The van der Waals surface area contributed by atoms with Crippen molar-refractivity contribution in [2.75, 3.05) is 25.5 Å². The summed E-state index contributed by atoms with van der Waals surface area (Å²) >= 11 is 6.30. The van der Waals surface area contributed by atoms with Gasteiger partial charge in [-0.25, -0.2) is 4.79 Å². The number of benzene rings is 1. The summed E-state index contributed by atoms with van der Waals surface area (Å²) in [5.41, 5.74) is 6.71. The van der Waals surface area contributed by atoms with Crippen LogP contribution in [0.25, 0.3) is 0 Å². The monoisotopic (exact) mass is 326 g/mol. The van der Waals surface area contributed by atoms with Gasteiger partial charge in [-0.3, -0.25) is 4.90 Å². The Hall–Kier alpha value is -1.46. The van der Waals surface area contributed by atoms with E-state index in [9.17, 15) is 4.79 Å². The average Bonchev–Trinajstić information content (AvgIpc) is 2.65. The minimum Gasteiger partial charge on any atom is -0.444 e. The number of nitrogens with two attached hydrogens (primary N) is 1. The van der Waals surface area contributed by atoms with E-state index in [1.165, 1.54) is 0 Å². The molecule has 1 fully saturated rings. The smallest absolute Gasteiger partial charge is 0.410 e. The largest absolute Gasteiger partial charge is 0.444 e. The average molecular weight is 327 g/mol. The van der Waals surface area contributed by atoms with Gasteiger partial charge in [0, 0.05) is 23.9 Å². The second-order valence-corrected chi connectivity index (χ2v) is 6.81. The Morgan fingerprint density at radius 3 is 2.86 bits per heavy atom. The van der Waals surface area contributed by atoms with Crippen LogP contribution >= 0.6 is 11.6 Å². The Labute approximate surface area is 136 Å². The highest BCUT2D eigenvalue weighted by Gasteiger charge is 2.32. The molecule has 6 heteroatoms. The van der Waals surface area contributed by atoms with Crippen molar-refractivity contribution in [2.45, 2.75) is 38.8 Å². The number of amides is 1. The topological polar surface area (TPSA) is 64.8 Å². The molecule has 1 saturated heterocycles. The van der Waals surface area contributed by atoms with Crippen molar-refractivity contribution in [2.24, 2.45) is 0 Å². The third-order valence-corrected chi connectivity index (χ3v) is 3.69. The summed E-state index contributed by atoms with van der Waals surface area (Å²) < 4.78 is 11.1. The first-order chi connectivity index (χ1) is 10.3. The quantitative estimate of drug-likeness (QED) is 0.800. The molecule has 1 amide bonds. The minimum absolute atomic E-state index is 0.298. The summed E-state index contributed by atoms with van der Waals surface area (Å²) in [6, 6.07) is 4.97. The molecule has 1 aliphatic rings. The molecule has 0 aromatic heterocycles. The Bertz CT molecular complexity index is 543. The molecule has 0 saturated carbocycles. The van der Waals surface area contributed by atoms with Crippen molar-refractivity contribution in [1.29, 1.82) is 0 Å². The van der Waals surface area contributed by atoms with E-state index in [0.29, 0.717) is 30.5 Å². The molecule has 122 valence electrons.